The van der Waals surface area contributed by atoms with Crippen LogP contribution < -0.4 is 10.2 Å². The zero-order valence-corrected chi connectivity index (χ0v) is 16.0. The minimum Gasteiger partial charge on any atom is -0.351 e. The summed E-state index contributed by atoms with van der Waals surface area (Å²) in [5, 5.41) is 2.93. The van der Waals surface area contributed by atoms with Crippen molar-refractivity contribution in [1.82, 2.24) is 15.3 Å². The summed E-state index contributed by atoms with van der Waals surface area (Å²) in [6.07, 6.45) is 6.08. The molecule has 0 spiro atoms. The number of hydrogen-bond donors (Lipinski definition) is 1. The number of benzene rings is 2. The molecule has 1 amide bonds. The third-order valence-corrected chi connectivity index (χ3v) is 5.10. The molecule has 0 fully saturated rings. The van der Waals surface area contributed by atoms with Gasteiger partial charge in [-0.1, -0.05) is 48.5 Å². The smallest absolute Gasteiger partial charge is 0.271 e. The van der Waals surface area contributed by atoms with Crippen molar-refractivity contribution in [1.29, 1.82) is 0 Å². The average molecular weight is 372 g/mol. The number of para-hydroxylation sites is 1. The molecule has 0 saturated carbocycles. The van der Waals surface area contributed by atoms with E-state index in [1.165, 1.54) is 16.8 Å². The molecule has 4 rings (SSSR count). The second-order valence-corrected chi connectivity index (χ2v) is 7.16. The molecule has 1 aromatic heterocycles. The van der Waals surface area contributed by atoms with Gasteiger partial charge in [-0.15, -0.1) is 0 Å². The second-order valence-electron chi connectivity index (χ2n) is 7.16. The van der Waals surface area contributed by atoms with Gasteiger partial charge in [-0.25, -0.2) is 9.97 Å². The lowest BCUT2D eigenvalue weighted by atomic mass is 10.1. The van der Waals surface area contributed by atoms with Crippen LogP contribution in [0.2, 0.25) is 0 Å². The molecule has 2 aromatic carbocycles. The van der Waals surface area contributed by atoms with Crippen molar-refractivity contribution < 1.29 is 4.79 Å². The molecule has 1 atom stereocenters. The fourth-order valence-electron chi connectivity index (χ4n) is 3.71. The Morgan fingerprint density at radius 1 is 1.07 bits per heavy atom. The lowest BCUT2D eigenvalue weighted by Gasteiger charge is -2.23. The topological polar surface area (TPSA) is 58.1 Å². The molecule has 0 aliphatic carbocycles. The van der Waals surface area contributed by atoms with Gasteiger partial charge in [0.25, 0.3) is 5.91 Å². The van der Waals surface area contributed by atoms with Crippen LogP contribution in [0.25, 0.3) is 0 Å². The number of aryl methyl sites for hydroxylation is 1. The highest BCUT2D eigenvalue weighted by Crippen LogP contribution is 2.36. The summed E-state index contributed by atoms with van der Waals surface area (Å²) in [7, 11) is 0. The molecule has 0 saturated heterocycles. The number of carbonyl (C=O) groups excluding carboxylic acids is 1. The van der Waals surface area contributed by atoms with E-state index < -0.39 is 0 Å². The van der Waals surface area contributed by atoms with E-state index >= 15 is 0 Å². The summed E-state index contributed by atoms with van der Waals surface area (Å²) in [5.41, 5.74) is 4.11. The fourth-order valence-corrected chi connectivity index (χ4v) is 3.71. The van der Waals surface area contributed by atoms with E-state index in [1.807, 2.05) is 24.3 Å². The molecule has 142 valence electrons. The Morgan fingerprint density at radius 2 is 1.86 bits per heavy atom. The Bertz CT molecular complexity index is 940. The molecule has 1 aliphatic rings. The van der Waals surface area contributed by atoms with Crippen LogP contribution >= 0.6 is 0 Å². The number of hydrogen-bond acceptors (Lipinski definition) is 4. The number of fused-ring (bicyclic) bond motifs is 1. The molecule has 1 N–H and O–H groups in total. The molecular weight excluding hydrogens is 348 g/mol. The number of anilines is 2. The third kappa shape index (κ3) is 3.88. The fraction of sp³-hybridized carbons (Fsp3) is 0.261. The molecule has 5 heteroatoms. The third-order valence-electron chi connectivity index (χ3n) is 5.10. The Morgan fingerprint density at radius 3 is 2.64 bits per heavy atom. The summed E-state index contributed by atoms with van der Waals surface area (Å²) in [4.78, 5) is 23.4. The molecule has 28 heavy (non-hydrogen) atoms. The molecule has 5 nitrogen and oxygen atoms in total. The molecule has 2 heterocycles. The molecule has 1 unspecified atom stereocenters. The minimum atomic E-state index is -0.179. The highest BCUT2D eigenvalue weighted by molar-refractivity contribution is 5.92. The van der Waals surface area contributed by atoms with Gasteiger partial charge in [0.05, 0.1) is 12.4 Å². The van der Waals surface area contributed by atoms with Gasteiger partial charge in [-0.3, -0.25) is 4.79 Å². The first-order valence-corrected chi connectivity index (χ1v) is 9.73. The lowest BCUT2D eigenvalue weighted by molar-refractivity contribution is 0.0948. The summed E-state index contributed by atoms with van der Waals surface area (Å²) in [5.74, 6) is 0.597. The molecule has 1 aliphatic heterocycles. The molecule has 3 aromatic rings. The number of amides is 1. The summed E-state index contributed by atoms with van der Waals surface area (Å²) in [6, 6.07) is 19.0. The second kappa shape index (κ2) is 8.21. The van der Waals surface area contributed by atoms with Crippen molar-refractivity contribution in [3.05, 3.63) is 83.8 Å². The Kier molecular flexibility index (Phi) is 5.33. The average Bonchev–Trinajstić information content (AvgIpc) is 3.07. The predicted molar refractivity (Wildman–Crippen MR) is 111 cm³/mol. The van der Waals surface area contributed by atoms with Crippen LogP contribution in [0.1, 0.15) is 35.0 Å². The Balaban J connectivity index is 1.35. The van der Waals surface area contributed by atoms with Crippen molar-refractivity contribution in [3.63, 3.8) is 0 Å². The SMILES string of the molecule is CC1Cc2ccccc2N1c1cnc(C(=O)NCCCc2ccccc2)cn1. The first-order chi connectivity index (χ1) is 13.7. The van der Waals surface area contributed by atoms with Gasteiger partial charge < -0.3 is 10.2 Å². The van der Waals surface area contributed by atoms with Gasteiger partial charge in [-0.05, 0) is 43.4 Å². The van der Waals surface area contributed by atoms with Crippen LogP contribution in [0.5, 0.6) is 0 Å². The number of aromatic nitrogens is 2. The molecule has 0 radical (unpaired) electrons. The number of carbonyl (C=O) groups is 1. The summed E-state index contributed by atoms with van der Waals surface area (Å²) < 4.78 is 0. The van der Waals surface area contributed by atoms with Crippen LogP contribution in [-0.4, -0.2) is 28.5 Å². The summed E-state index contributed by atoms with van der Waals surface area (Å²) >= 11 is 0. The summed E-state index contributed by atoms with van der Waals surface area (Å²) in [6.45, 7) is 2.79. The van der Waals surface area contributed by atoms with Gasteiger partial charge >= 0.3 is 0 Å². The van der Waals surface area contributed by atoms with Gasteiger partial charge in [-0.2, -0.15) is 0 Å². The highest BCUT2D eigenvalue weighted by Gasteiger charge is 2.27. The van der Waals surface area contributed by atoms with Crippen molar-refractivity contribution in [2.24, 2.45) is 0 Å². The monoisotopic (exact) mass is 372 g/mol. The maximum atomic E-state index is 12.3. The van der Waals surface area contributed by atoms with Gasteiger partial charge in [0, 0.05) is 18.3 Å². The Labute approximate surface area is 165 Å². The maximum absolute atomic E-state index is 12.3. The van der Waals surface area contributed by atoms with E-state index in [-0.39, 0.29) is 5.91 Å². The maximum Gasteiger partial charge on any atom is 0.271 e. The largest absolute Gasteiger partial charge is 0.351 e. The van der Waals surface area contributed by atoms with Crippen LogP contribution in [0.15, 0.2) is 67.0 Å². The van der Waals surface area contributed by atoms with Crippen molar-refractivity contribution in [3.8, 4) is 0 Å². The number of rotatable bonds is 6. The Hall–Kier alpha value is -3.21. The van der Waals surface area contributed by atoms with E-state index in [1.54, 1.807) is 12.4 Å². The zero-order chi connectivity index (χ0) is 19.3. The van der Waals surface area contributed by atoms with Crippen LogP contribution in [0.4, 0.5) is 11.5 Å². The first-order valence-electron chi connectivity index (χ1n) is 9.73. The molecule has 0 bridgehead atoms. The van der Waals surface area contributed by atoms with Crippen LogP contribution in [0, 0.1) is 0 Å². The zero-order valence-electron chi connectivity index (χ0n) is 16.0. The number of nitrogens with one attached hydrogen (secondary N) is 1. The first kappa shape index (κ1) is 18.2. The van der Waals surface area contributed by atoms with E-state index in [9.17, 15) is 4.79 Å². The lowest BCUT2D eigenvalue weighted by Crippen LogP contribution is -2.27. The van der Waals surface area contributed by atoms with Gasteiger partial charge in [0.15, 0.2) is 5.82 Å². The van der Waals surface area contributed by atoms with E-state index in [0.29, 0.717) is 18.3 Å². The normalized spacial score (nSPS) is 15.3. The quantitative estimate of drug-likeness (QED) is 0.666. The van der Waals surface area contributed by atoms with Crippen molar-refractivity contribution in [2.75, 3.05) is 11.4 Å². The van der Waals surface area contributed by atoms with Crippen LogP contribution in [-0.2, 0) is 12.8 Å². The van der Waals surface area contributed by atoms with Crippen molar-refractivity contribution >= 4 is 17.4 Å². The molecular formula is C23H24N4O. The highest BCUT2D eigenvalue weighted by atomic mass is 16.1. The minimum absolute atomic E-state index is 0.179. The van der Waals surface area contributed by atoms with Gasteiger partial charge in [0.2, 0.25) is 0 Å². The van der Waals surface area contributed by atoms with E-state index in [2.05, 4.69) is 57.4 Å². The van der Waals surface area contributed by atoms with Gasteiger partial charge in [0.1, 0.15) is 5.69 Å². The van der Waals surface area contributed by atoms with Crippen LogP contribution in [0.3, 0.4) is 0 Å². The predicted octanol–water partition coefficient (Wildman–Crippen LogP) is 3.92. The standard InChI is InChI=1S/C23H24N4O/c1-17-14-19-11-5-6-12-21(19)27(17)22-16-25-20(15-26-22)23(28)24-13-7-10-18-8-3-2-4-9-18/h2-6,8-9,11-12,15-17H,7,10,13-14H2,1H3,(H,24,28). The van der Waals surface area contributed by atoms with E-state index in [0.717, 1.165) is 25.1 Å². The van der Waals surface area contributed by atoms with E-state index in [4.69, 9.17) is 0 Å². The number of nitrogens with zero attached hydrogens (tertiary/aromatic N) is 3. The van der Waals surface area contributed by atoms with Crippen molar-refractivity contribution in [2.45, 2.75) is 32.2 Å².